The first-order chi connectivity index (χ1) is 6.02. The molecule has 0 aliphatic carbocycles. The van der Waals surface area contributed by atoms with Gasteiger partial charge < -0.3 is 10.6 Å². The lowest BCUT2D eigenvalue weighted by Gasteiger charge is -2.36. The van der Waals surface area contributed by atoms with Gasteiger partial charge in [-0.2, -0.15) is 0 Å². The van der Waals surface area contributed by atoms with Crippen LogP contribution in [0.25, 0.3) is 0 Å². The third-order valence-electron chi connectivity index (χ3n) is 2.73. The molecule has 0 bridgehead atoms. The predicted molar refractivity (Wildman–Crippen MR) is 51.5 cm³/mol. The van der Waals surface area contributed by atoms with E-state index in [9.17, 15) is 4.79 Å². The molecule has 13 heavy (non-hydrogen) atoms. The topological polar surface area (TPSA) is 70.2 Å². The first-order valence-corrected chi connectivity index (χ1v) is 4.63. The van der Waals surface area contributed by atoms with E-state index in [0.29, 0.717) is 12.6 Å². The lowest BCUT2D eigenvalue weighted by molar-refractivity contribution is -0.132. The first kappa shape index (κ1) is 10.0. The lowest BCUT2D eigenvalue weighted by Crippen LogP contribution is -2.47. The molecular formula is C9H17N3O. The van der Waals surface area contributed by atoms with Gasteiger partial charge in [-0.15, -0.1) is 0 Å². The Hall–Kier alpha value is -1.06. The van der Waals surface area contributed by atoms with Crippen molar-refractivity contribution in [1.29, 1.82) is 5.41 Å². The van der Waals surface area contributed by atoms with Gasteiger partial charge in [-0.3, -0.25) is 10.2 Å². The number of nitrogens with two attached hydrogens (primary N) is 1. The van der Waals surface area contributed by atoms with E-state index in [1.807, 2.05) is 6.92 Å². The molecule has 0 spiro atoms. The fraction of sp³-hybridized carbons (Fsp3) is 0.778. The minimum atomic E-state index is 0.0695. The first-order valence-electron chi connectivity index (χ1n) is 4.63. The Morgan fingerprint density at radius 1 is 1.54 bits per heavy atom. The highest BCUT2D eigenvalue weighted by Crippen LogP contribution is 2.21. The molecule has 0 saturated carbocycles. The number of nitrogens with zero attached hydrogens (tertiary/aromatic N) is 1. The number of likely N-dealkylation sites (tertiary alicyclic amines) is 1. The summed E-state index contributed by atoms with van der Waals surface area (Å²) in [5.41, 5.74) is 5.42. The summed E-state index contributed by atoms with van der Waals surface area (Å²) in [4.78, 5) is 13.0. The summed E-state index contributed by atoms with van der Waals surface area (Å²) in [5, 5.41) is 7.33. The number of hydrogen-bond donors (Lipinski definition) is 2. The molecule has 74 valence electrons. The van der Waals surface area contributed by atoms with Crippen molar-refractivity contribution in [1.82, 2.24) is 4.90 Å². The van der Waals surface area contributed by atoms with Crippen molar-refractivity contribution in [2.45, 2.75) is 32.7 Å². The van der Waals surface area contributed by atoms with Gasteiger partial charge in [-0.05, 0) is 19.8 Å². The minimum absolute atomic E-state index is 0.0695. The number of nitrogens with one attached hydrogen (secondary N) is 1. The van der Waals surface area contributed by atoms with Gasteiger partial charge in [0, 0.05) is 25.4 Å². The molecule has 1 saturated heterocycles. The van der Waals surface area contributed by atoms with Crippen molar-refractivity contribution in [2.24, 2.45) is 11.7 Å². The number of carbonyl (C=O) groups excluding carboxylic acids is 1. The van der Waals surface area contributed by atoms with Crippen LogP contribution in [0.2, 0.25) is 0 Å². The Bertz CT molecular complexity index is 227. The van der Waals surface area contributed by atoms with Crippen LogP contribution in [0.1, 0.15) is 26.7 Å². The van der Waals surface area contributed by atoms with Gasteiger partial charge in [-0.25, -0.2) is 0 Å². The van der Waals surface area contributed by atoms with E-state index in [2.05, 4.69) is 0 Å². The monoisotopic (exact) mass is 183 g/mol. The van der Waals surface area contributed by atoms with Crippen LogP contribution >= 0.6 is 0 Å². The SMILES string of the molecule is CC(=O)N1C[C@@H](C(=N)N)CCC1C. The normalized spacial score (nSPS) is 28.6. The molecule has 0 aromatic carbocycles. The van der Waals surface area contributed by atoms with E-state index >= 15 is 0 Å². The van der Waals surface area contributed by atoms with E-state index in [4.69, 9.17) is 11.1 Å². The van der Waals surface area contributed by atoms with Crippen LogP contribution < -0.4 is 5.73 Å². The Morgan fingerprint density at radius 3 is 2.62 bits per heavy atom. The Kier molecular flexibility index (Phi) is 2.90. The maximum absolute atomic E-state index is 11.2. The van der Waals surface area contributed by atoms with Crippen molar-refractivity contribution in [3.63, 3.8) is 0 Å². The number of hydrogen-bond acceptors (Lipinski definition) is 2. The second-order valence-electron chi connectivity index (χ2n) is 3.75. The molecular weight excluding hydrogens is 166 g/mol. The van der Waals surface area contributed by atoms with Crippen molar-refractivity contribution in [2.75, 3.05) is 6.54 Å². The minimum Gasteiger partial charge on any atom is -0.387 e. The third kappa shape index (κ3) is 2.20. The van der Waals surface area contributed by atoms with Crippen LogP contribution in [0.5, 0.6) is 0 Å². The van der Waals surface area contributed by atoms with Crippen LogP contribution in [0.4, 0.5) is 0 Å². The summed E-state index contributed by atoms with van der Waals surface area (Å²) in [6.07, 6.45) is 1.88. The molecule has 4 heteroatoms. The molecule has 1 aliphatic heterocycles. The zero-order valence-corrected chi connectivity index (χ0v) is 8.21. The van der Waals surface area contributed by atoms with E-state index in [-0.39, 0.29) is 17.7 Å². The lowest BCUT2D eigenvalue weighted by atomic mass is 9.92. The van der Waals surface area contributed by atoms with Crippen LogP contribution in [0, 0.1) is 11.3 Å². The number of piperidine rings is 1. The van der Waals surface area contributed by atoms with E-state index in [1.165, 1.54) is 0 Å². The van der Waals surface area contributed by atoms with Crippen LogP contribution in [-0.4, -0.2) is 29.2 Å². The molecule has 1 heterocycles. The Balaban J connectivity index is 2.63. The summed E-state index contributed by atoms with van der Waals surface area (Å²) in [6.45, 7) is 4.22. The van der Waals surface area contributed by atoms with Crippen molar-refractivity contribution in [3.8, 4) is 0 Å². The van der Waals surface area contributed by atoms with Gasteiger partial charge in [0.05, 0.1) is 5.84 Å². The molecule has 1 rings (SSSR count). The van der Waals surface area contributed by atoms with E-state index in [1.54, 1.807) is 11.8 Å². The van der Waals surface area contributed by atoms with E-state index in [0.717, 1.165) is 12.8 Å². The number of amidine groups is 1. The summed E-state index contributed by atoms with van der Waals surface area (Å²) < 4.78 is 0. The highest BCUT2D eigenvalue weighted by atomic mass is 16.2. The molecule has 0 aromatic rings. The average Bonchev–Trinajstić information content (AvgIpc) is 2.04. The van der Waals surface area contributed by atoms with Gasteiger partial charge in [0.2, 0.25) is 5.91 Å². The predicted octanol–water partition coefficient (Wildman–Crippen LogP) is 0.569. The fourth-order valence-corrected chi connectivity index (χ4v) is 1.80. The van der Waals surface area contributed by atoms with Crippen molar-refractivity contribution >= 4 is 11.7 Å². The number of rotatable bonds is 1. The van der Waals surface area contributed by atoms with Crippen molar-refractivity contribution < 1.29 is 4.79 Å². The molecule has 4 nitrogen and oxygen atoms in total. The van der Waals surface area contributed by atoms with Gasteiger partial charge in [-0.1, -0.05) is 0 Å². The van der Waals surface area contributed by atoms with Crippen LogP contribution in [-0.2, 0) is 4.79 Å². The molecule has 1 unspecified atom stereocenters. The maximum atomic E-state index is 11.2. The largest absolute Gasteiger partial charge is 0.387 e. The highest BCUT2D eigenvalue weighted by Gasteiger charge is 2.28. The standard InChI is InChI=1S/C9H17N3O/c1-6-3-4-8(9(10)11)5-12(6)7(2)13/h6,8H,3-5H2,1-2H3,(H3,10,11)/t6?,8-/m0/s1. The number of amides is 1. The number of carbonyl (C=O) groups is 1. The summed E-state index contributed by atoms with van der Waals surface area (Å²) in [5.74, 6) is 0.358. The van der Waals surface area contributed by atoms with Crippen LogP contribution in [0.3, 0.4) is 0 Å². The Labute approximate surface area is 78.6 Å². The van der Waals surface area contributed by atoms with Gasteiger partial charge in [0.15, 0.2) is 0 Å². The summed E-state index contributed by atoms with van der Waals surface area (Å²) >= 11 is 0. The molecule has 0 aromatic heterocycles. The molecule has 0 radical (unpaired) electrons. The summed E-state index contributed by atoms with van der Waals surface area (Å²) in [6, 6.07) is 0.299. The second-order valence-corrected chi connectivity index (χ2v) is 3.75. The zero-order chi connectivity index (χ0) is 10.0. The van der Waals surface area contributed by atoms with Crippen LogP contribution in [0.15, 0.2) is 0 Å². The molecule has 1 aliphatic rings. The third-order valence-corrected chi connectivity index (χ3v) is 2.73. The smallest absolute Gasteiger partial charge is 0.219 e. The maximum Gasteiger partial charge on any atom is 0.219 e. The molecule has 3 N–H and O–H groups in total. The molecule has 1 fully saturated rings. The molecule has 1 amide bonds. The van der Waals surface area contributed by atoms with Gasteiger partial charge in [0.1, 0.15) is 0 Å². The quantitative estimate of drug-likeness (QED) is 0.461. The van der Waals surface area contributed by atoms with Gasteiger partial charge >= 0.3 is 0 Å². The zero-order valence-electron chi connectivity index (χ0n) is 8.21. The van der Waals surface area contributed by atoms with Crippen molar-refractivity contribution in [3.05, 3.63) is 0 Å². The van der Waals surface area contributed by atoms with E-state index < -0.39 is 0 Å². The summed E-state index contributed by atoms with van der Waals surface area (Å²) in [7, 11) is 0. The second kappa shape index (κ2) is 3.77. The fourth-order valence-electron chi connectivity index (χ4n) is 1.80. The average molecular weight is 183 g/mol. The highest BCUT2D eigenvalue weighted by molar-refractivity contribution is 5.81. The van der Waals surface area contributed by atoms with Gasteiger partial charge in [0.25, 0.3) is 0 Å². The molecule has 2 atom stereocenters. The Morgan fingerprint density at radius 2 is 2.15 bits per heavy atom.